The van der Waals surface area contributed by atoms with Crippen LogP contribution in [0.5, 0.6) is 0 Å². The number of amides is 2. The molecule has 0 fully saturated rings. The third-order valence-electron chi connectivity index (χ3n) is 5.90. The lowest BCUT2D eigenvalue weighted by molar-refractivity contribution is -0.121. The van der Waals surface area contributed by atoms with Gasteiger partial charge in [0, 0.05) is 24.7 Å². The average molecular weight is 474 g/mol. The Morgan fingerprint density at radius 3 is 1.85 bits per heavy atom. The molecule has 3 N–H and O–H groups in total. The molecule has 0 saturated carbocycles. The van der Waals surface area contributed by atoms with Gasteiger partial charge >= 0.3 is 0 Å². The van der Waals surface area contributed by atoms with Crippen LogP contribution in [0.15, 0.2) is 29.2 Å². The minimum absolute atomic E-state index is 0.000301. The Morgan fingerprint density at radius 1 is 0.818 bits per heavy atom. The lowest BCUT2D eigenvalue weighted by Gasteiger charge is -2.19. The zero-order valence-corrected chi connectivity index (χ0v) is 21.4. The van der Waals surface area contributed by atoms with Crippen molar-refractivity contribution in [2.45, 2.75) is 72.2 Å². The van der Waals surface area contributed by atoms with Crippen LogP contribution in [0.2, 0.25) is 0 Å². The summed E-state index contributed by atoms with van der Waals surface area (Å²) in [7, 11) is -3.75. The minimum Gasteiger partial charge on any atom is -0.354 e. The van der Waals surface area contributed by atoms with E-state index in [1.807, 2.05) is 48.5 Å². The smallest absolute Gasteiger partial charge is 0.241 e. The number of rotatable bonds is 9. The number of hydrogen-bond acceptors (Lipinski definition) is 4. The van der Waals surface area contributed by atoms with E-state index in [9.17, 15) is 18.0 Å². The van der Waals surface area contributed by atoms with E-state index in [1.54, 1.807) is 24.3 Å². The summed E-state index contributed by atoms with van der Waals surface area (Å²) >= 11 is 0. The van der Waals surface area contributed by atoms with E-state index in [2.05, 4.69) is 15.4 Å². The van der Waals surface area contributed by atoms with Crippen LogP contribution in [0.3, 0.4) is 0 Å². The molecular weight excluding hydrogens is 438 g/mol. The molecule has 180 valence electrons. The largest absolute Gasteiger partial charge is 0.354 e. The van der Waals surface area contributed by atoms with E-state index in [1.165, 1.54) is 0 Å². The van der Waals surface area contributed by atoms with Gasteiger partial charge in [0.25, 0.3) is 0 Å². The van der Waals surface area contributed by atoms with Crippen molar-refractivity contribution in [1.82, 2.24) is 10.0 Å². The van der Waals surface area contributed by atoms with Gasteiger partial charge in [-0.3, -0.25) is 9.59 Å². The number of sulfonamides is 1. The second-order valence-electron chi connectivity index (χ2n) is 8.75. The van der Waals surface area contributed by atoms with Gasteiger partial charge in [-0.1, -0.05) is 12.1 Å². The molecule has 0 atom stereocenters. The van der Waals surface area contributed by atoms with Crippen LogP contribution >= 0.6 is 0 Å². The lowest BCUT2D eigenvalue weighted by Crippen LogP contribution is -2.31. The number of carbonyl (C=O) groups is 2. The van der Waals surface area contributed by atoms with Crippen molar-refractivity contribution >= 4 is 27.5 Å². The van der Waals surface area contributed by atoms with Gasteiger partial charge in [-0.2, -0.15) is 0 Å². The highest BCUT2D eigenvalue weighted by Crippen LogP contribution is 2.29. The van der Waals surface area contributed by atoms with E-state index in [-0.39, 0.29) is 37.2 Å². The first-order valence-electron chi connectivity index (χ1n) is 11.1. The maximum atomic E-state index is 12.9. The monoisotopic (exact) mass is 473 g/mol. The van der Waals surface area contributed by atoms with Gasteiger partial charge in [-0.15, -0.1) is 0 Å². The Morgan fingerprint density at radius 2 is 1.33 bits per heavy atom. The summed E-state index contributed by atoms with van der Waals surface area (Å²) in [5.74, 6) is -0.355. The van der Waals surface area contributed by atoms with Crippen molar-refractivity contribution in [1.29, 1.82) is 0 Å². The van der Waals surface area contributed by atoms with Crippen LogP contribution in [0.4, 0.5) is 5.69 Å². The first-order valence-corrected chi connectivity index (χ1v) is 12.6. The fourth-order valence-electron chi connectivity index (χ4n) is 3.73. The molecule has 2 aromatic carbocycles. The fourth-order valence-corrected chi connectivity index (χ4v) is 5.36. The van der Waals surface area contributed by atoms with Crippen molar-refractivity contribution < 1.29 is 18.0 Å². The van der Waals surface area contributed by atoms with Gasteiger partial charge in [0.1, 0.15) is 0 Å². The molecule has 0 heterocycles. The number of hydrogen-bond donors (Lipinski definition) is 3. The fraction of sp³-hybridized carbons (Fsp3) is 0.440. The second kappa shape index (κ2) is 10.9. The van der Waals surface area contributed by atoms with Crippen LogP contribution < -0.4 is 15.4 Å². The first-order chi connectivity index (χ1) is 15.3. The Bertz CT molecular complexity index is 1110. The molecule has 2 amide bonds. The van der Waals surface area contributed by atoms with Crippen LogP contribution in [0.25, 0.3) is 0 Å². The van der Waals surface area contributed by atoms with Gasteiger partial charge in [0.15, 0.2) is 0 Å². The normalized spacial score (nSPS) is 11.5. The molecule has 0 aliphatic rings. The zero-order valence-electron chi connectivity index (χ0n) is 20.5. The first kappa shape index (κ1) is 26.5. The number of benzene rings is 2. The van der Waals surface area contributed by atoms with E-state index in [0.717, 1.165) is 33.4 Å². The molecule has 0 aliphatic heterocycles. The molecule has 0 radical (unpaired) electrons. The molecular formula is C25H35N3O4S. The summed E-state index contributed by atoms with van der Waals surface area (Å²) in [4.78, 5) is 24.4. The van der Waals surface area contributed by atoms with Gasteiger partial charge in [0.2, 0.25) is 21.8 Å². The van der Waals surface area contributed by atoms with Gasteiger partial charge < -0.3 is 10.6 Å². The summed E-state index contributed by atoms with van der Waals surface area (Å²) in [6.07, 6.45) is 0.269. The van der Waals surface area contributed by atoms with E-state index < -0.39 is 10.0 Å². The lowest BCUT2D eigenvalue weighted by atomic mass is 9.95. The highest BCUT2D eigenvalue weighted by atomic mass is 32.2. The van der Waals surface area contributed by atoms with E-state index >= 15 is 0 Å². The maximum Gasteiger partial charge on any atom is 0.241 e. The summed E-state index contributed by atoms with van der Waals surface area (Å²) in [5.41, 5.74) is 5.91. The van der Waals surface area contributed by atoms with Gasteiger partial charge in [-0.05, 0) is 94.0 Å². The maximum absolute atomic E-state index is 12.9. The van der Waals surface area contributed by atoms with Gasteiger partial charge in [-0.25, -0.2) is 13.1 Å². The standard InChI is InChI=1S/C25H35N3O4S/c1-15(2)27-24(30)14-21-8-10-22(11-9-21)28-23(29)12-13-26-33(31,32)25-19(6)17(4)16(3)18(5)20(25)7/h8-11,15,26H,12-14H2,1-7H3,(H,27,30)(H,28,29). The number of anilines is 1. The number of nitrogens with one attached hydrogen (secondary N) is 3. The SMILES string of the molecule is Cc1c(C)c(C)c(S(=O)(=O)NCCC(=O)Nc2ccc(CC(=O)NC(C)C)cc2)c(C)c1C. The Balaban J connectivity index is 1.95. The molecule has 2 rings (SSSR count). The topological polar surface area (TPSA) is 104 Å². The number of carbonyl (C=O) groups excluding carboxylic acids is 2. The van der Waals surface area contributed by atoms with E-state index in [0.29, 0.717) is 10.6 Å². The van der Waals surface area contributed by atoms with Crippen LogP contribution in [0, 0.1) is 34.6 Å². The van der Waals surface area contributed by atoms with Gasteiger partial charge in [0.05, 0.1) is 11.3 Å². The minimum atomic E-state index is -3.75. The molecule has 0 spiro atoms. The second-order valence-corrected chi connectivity index (χ2v) is 10.4. The summed E-state index contributed by atoms with van der Waals surface area (Å²) in [5, 5.41) is 5.59. The third-order valence-corrected chi connectivity index (χ3v) is 7.63. The molecule has 8 heteroatoms. The predicted octanol–water partition coefficient (Wildman–Crippen LogP) is 3.60. The average Bonchev–Trinajstić information content (AvgIpc) is 2.71. The molecule has 7 nitrogen and oxygen atoms in total. The quantitative estimate of drug-likeness (QED) is 0.517. The van der Waals surface area contributed by atoms with Crippen LogP contribution in [-0.2, 0) is 26.0 Å². The molecule has 2 aromatic rings. The Kier molecular flexibility index (Phi) is 8.80. The van der Waals surface area contributed by atoms with E-state index in [4.69, 9.17) is 0 Å². The van der Waals surface area contributed by atoms with Crippen LogP contribution in [0.1, 0.15) is 53.6 Å². The molecule has 0 aromatic heterocycles. The van der Waals surface area contributed by atoms with Crippen molar-refractivity contribution in [3.05, 3.63) is 57.6 Å². The van der Waals surface area contributed by atoms with Crippen LogP contribution in [-0.4, -0.2) is 32.8 Å². The van der Waals surface area contributed by atoms with Crippen molar-refractivity contribution in [3.63, 3.8) is 0 Å². The Hall–Kier alpha value is -2.71. The predicted molar refractivity (Wildman–Crippen MR) is 132 cm³/mol. The van der Waals surface area contributed by atoms with Crippen molar-refractivity contribution in [2.75, 3.05) is 11.9 Å². The molecule has 0 bridgehead atoms. The highest BCUT2D eigenvalue weighted by Gasteiger charge is 2.23. The highest BCUT2D eigenvalue weighted by molar-refractivity contribution is 7.89. The Labute approximate surface area is 197 Å². The summed E-state index contributed by atoms with van der Waals surface area (Å²) in [6.45, 7) is 13.3. The zero-order chi connectivity index (χ0) is 24.9. The van der Waals surface area contributed by atoms with Crippen molar-refractivity contribution in [3.8, 4) is 0 Å². The third kappa shape index (κ3) is 6.88. The van der Waals surface area contributed by atoms with Crippen molar-refractivity contribution in [2.24, 2.45) is 0 Å². The molecule has 0 saturated heterocycles. The molecule has 0 unspecified atom stereocenters. The molecule has 0 aliphatic carbocycles. The summed E-state index contributed by atoms with van der Waals surface area (Å²) in [6, 6.07) is 7.10. The molecule has 33 heavy (non-hydrogen) atoms. The summed E-state index contributed by atoms with van der Waals surface area (Å²) < 4.78 is 28.5.